The molecule has 0 radical (unpaired) electrons. The zero-order valence-electron chi connectivity index (χ0n) is 30.8. The van der Waals surface area contributed by atoms with Gasteiger partial charge in [-0.3, -0.25) is 37.3 Å². The summed E-state index contributed by atoms with van der Waals surface area (Å²) in [5.74, 6) is -2.81. The number of phosphoric acid groups is 3. The number of aliphatic hydroxyl groups is 3. The first kappa shape index (κ1) is 49.4. The van der Waals surface area contributed by atoms with Crippen LogP contribution >= 0.6 is 35.2 Å². The third-order valence-corrected chi connectivity index (χ3v) is 11.8. The smallest absolute Gasteiger partial charge is 0.481 e. The number of rotatable bonds is 23. The number of carboxylic acids is 1. The molecule has 1 aliphatic rings. The van der Waals surface area contributed by atoms with Crippen LogP contribution in [0.15, 0.2) is 12.7 Å². The highest BCUT2D eigenvalue weighted by Gasteiger charge is 2.50. The molecule has 0 aromatic carbocycles. The number of carboxylic acid groups (broad SMARTS) is 1. The summed E-state index contributed by atoms with van der Waals surface area (Å²) in [6.45, 7) is 1.29. The molecular weight excluding hydrogens is 867 g/mol. The van der Waals surface area contributed by atoms with Crippen molar-refractivity contribution >= 4 is 75.1 Å². The van der Waals surface area contributed by atoms with Crippen LogP contribution in [0.25, 0.3) is 11.2 Å². The molecule has 3 heterocycles. The van der Waals surface area contributed by atoms with Gasteiger partial charge >= 0.3 is 29.4 Å². The van der Waals surface area contributed by atoms with Gasteiger partial charge in [0.05, 0.1) is 31.6 Å². The van der Waals surface area contributed by atoms with Gasteiger partial charge in [-0.1, -0.05) is 25.6 Å². The van der Waals surface area contributed by atoms with E-state index in [9.17, 15) is 67.8 Å². The Labute approximate surface area is 332 Å². The lowest BCUT2D eigenvalue weighted by Crippen LogP contribution is -2.46. The zero-order valence-corrected chi connectivity index (χ0v) is 34.3. The molecule has 1 aliphatic heterocycles. The SMILES string of the molecule is CC(C)(COP(=O)(O)OP(=O)(O)OC[C@@H]1O[C@H](n2cnc3c(N)ncnc32)[C@@H](O)[C@H]1OP(=O)(O)O)[C@@H](O)C(=O)NCCC(=O)NCCSC(=O)C[C@@](C)(O)CC(=O)O. The predicted octanol–water partition coefficient (Wildman–Crippen LogP) is -1.72. The number of imidazole rings is 1. The van der Waals surface area contributed by atoms with Gasteiger partial charge in [0.2, 0.25) is 11.8 Å². The molecule has 2 unspecified atom stereocenters. The number of amides is 2. The number of ether oxygens (including phenoxy) is 1. The quantitative estimate of drug-likeness (QED) is 0.0436. The van der Waals surface area contributed by atoms with Crippen LogP contribution in [0.1, 0.15) is 46.3 Å². The molecule has 27 nitrogen and oxygen atoms in total. The molecule has 1 saturated heterocycles. The maximum absolute atomic E-state index is 12.7. The van der Waals surface area contributed by atoms with E-state index in [0.717, 1.165) is 29.0 Å². The van der Waals surface area contributed by atoms with E-state index in [1.165, 1.54) is 20.8 Å². The van der Waals surface area contributed by atoms with Crippen LogP contribution in [-0.4, -0.2) is 144 Å². The Morgan fingerprint density at radius 2 is 1.67 bits per heavy atom. The van der Waals surface area contributed by atoms with Gasteiger partial charge in [0.25, 0.3) is 0 Å². The van der Waals surface area contributed by atoms with Gasteiger partial charge < -0.3 is 61.1 Å². The molecule has 58 heavy (non-hydrogen) atoms. The average molecular weight is 912 g/mol. The van der Waals surface area contributed by atoms with Gasteiger partial charge in [-0.15, -0.1) is 0 Å². The fourth-order valence-corrected chi connectivity index (χ4v) is 8.72. The number of nitrogens with one attached hydrogen (secondary N) is 2. The van der Waals surface area contributed by atoms with Crippen LogP contribution in [0, 0.1) is 5.41 Å². The number of nitrogens with two attached hydrogens (primary N) is 1. The second kappa shape index (κ2) is 20.0. The van der Waals surface area contributed by atoms with Crippen LogP contribution in [0.3, 0.4) is 0 Å². The van der Waals surface area contributed by atoms with E-state index in [2.05, 4.69) is 34.4 Å². The number of hydrogen-bond donors (Lipinski definition) is 11. The van der Waals surface area contributed by atoms with Crippen molar-refractivity contribution < 1.29 is 95.5 Å². The lowest BCUT2D eigenvalue weighted by atomic mass is 9.87. The number of phosphoric ester groups is 3. The molecule has 0 spiro atoms. The minimum atomic E-state index is -5.60. The fraction of sp³-hybridized carbons (Fsp3) is 0.667. The third-order valence-electron chi connectivity index (χ3n) is 7.82. The standard InChI is InChI=1S/C27H44N7O20P3S/c1-26(2,21(40)24(41)30-5-4-15(35)29-6-7-58-17(38)9-27(3,42)8-16(36)37)11-51-57(48,49)54-56(46,47)50-10-14-20(53-55(43,44)45)19(39)25(52-14)34-13-33-18-22(28)31-12-32-23(18)34/h12-14,19-21,25,39-40,42H,4-11H2,1-3H3,(H,29,35)(H,30,41)(H,36,37)(H,46,47)(H,48,49)(H2,28,31,32)(H2,43,44,45)/t14-,19-,20-,21-,25-,27-/m0/s1. The number of aromatic nitrogens is 4. The van der Waals surface area contributed by atoms with E-state index in [-0.39, 0.29) is 42.2 Å². The van der Waals surface area contributed by atoms with Crippen molar-refractivity contribution in [3.05, 3.63) is 12.7 Å². The van der Waals surface area contributed by atoms with E-state index >= 15 is 0 Å². The number of thioether (sulfide) groups is 1. The molecule has 3 rings (SSSR count). The van der Waals surface area contributed by atoms with Crippen LogP contribution in [0.4, 0.5) is 5.82 Å². The number of fused-ring (bicyclic) bond motifs is 1. The van der Waals surface area contributed by atoms with E-state index in [4.69, 9.17) is 24.6 Å². The van der Waals surface area contributed by atoms with Gasteiger partial charge in [0.1, 0.15) is 36.3 Å². The molecular formula is C27H44N7O20P3S. The summed E-state index contributed by atoms with van der Waals surface area (Å²) < 4.78 is 62.0. The molecule has 2 aromatic heterocycles. The Balaban J connectivity index is 1.47. The number of hydrogen-bond acceptors (Lipinski definition) is 20. The Kier molecular flexibility index (Phi) is 17.0. The molecule has 8 atom stereocenters. The second-order valence-corrected chi connectivity index (χ2v) is 18.9. The monoisotopic (exact) mass is 911 g/mol. The molecule has 31 heteroatoms. The number of anilines is 1. The Bertz CT molecular complexity index is 1950. The van der Waals surface area contributed by atoms with E-state index in [1.807, 2.05) is 0 Å². The number of carbonyl (C=O) groups is 4. The second-order valence-electron chi connectivity index (χ2n) is 13.5. The fourth-order valence-electron chi connectivity index (χ4n) is 5.05. The van der Waals surface area contributed by atoms with Gasteiger partial charge in [0, 0.05) is 37.1 Å². The van der Waals surface area contributed by atoms with Gasteiger partial charge in [0.15, 0.2) is 22.8 Å². The van der Waals surface area contributed by atoms with E-state index < -0.39 is 114 Å². The molecule has 2 aromatic rings. The van der Waals surface area contributed by atoms with Gasteiger partial charge in [-0.05, 0) is 6.92 Å². The molecule has 12 N–H and O–H groups in total. The normalized spacial score (nSPS) is 22.4. The van der Waals surface area contributed by atoms with Crippen molar-refractivity contribution in [1.29, 1.82) is 0 Å². The summed E-state index contributed by atoms with van der Waals surface area (Å²) in [5, 5.41) is 44.4. The molecule has 0 aliphatic carbocycles. The van der Waals surface area contributed by atoms with Crippen molar-refractivity contribution in [2.75, 3.05) is 37.8 Å². The molecule has 0 bridgehead atoms. The first-order valence-electron chi connectivity index (χ1n) is 16.6. The van der Waals surface area contributed by atoms with Crippen molar-refractivity contribution in [2.45, 2.75) is 76.3 Å². The molecule has 0 saturated carbocycles. The summed E-state index contributed by atoms with van der Waals surface area (Å²) in [4.78, 5) is 98.2. The van der Waals surface area contributed by atoms with Gasteiger partial charge in [-0.2, -0.15) is 4.31 Å². The molecule has 1 fully saturated rings. The number of aliphatic carboxylic acids is 1. The van der Waals surface area contributed by atoms with Gasteiger partial charge in [-0.25, -0.2) is 28.6 Å². The van der Waals surface area contributed by atoms with E-state index in [0.29, 0.717) is 0 Å². The highest BCUT2D eigenvalue weighted by Crippen LogP contribution is 2.61. The van der Waals surface area contributed by atoms with Crippen LogP contribution in [0.2, 0.25) is 0 Å². The van der Waals surface area contributed by atoms with E-state index in [1.54, 1.807) is 0 Å². The predicted molar refractivity (Wildman–Crippen MR) is 195 cm³/mol. The zero-order chi connectivity index (χ0) is 43.9. The highest BCUT2D eigenvalue weighted by molar-refractivity contribution is 8.13. The summed E-state index contributed by atoms with van der Waals surface area (Å²) in [6.07, 6.45) is -8.22. The van der Waals surface area contributed by atoms with Crippen molar-refractivity contribution in [2.24, 2.45) is 5.41 Å². The van der Waals surface area contributed by atoms with Crippen LogP contribution < -0.4 is 16.4 Å². The summed E-state index contributed by atoms with van der Waals surface area (Å²) in [5.41, 5.74) is 2.44. The third kappa shape index (κ3) is 15.2. The van der Waals surface area contributed by atoms with Crippen molar-refractivity contribution in [3.8, 4) is 0 Å². The molecule has 328 valence electrons. The van der Waals surface area contributed by atoms with Crippen molar-refractivity contribution in [1.82, 2.24) is 30.2 Å². The lowest BCUT2D eigenvalue weighted by molar-refractivity contribution is -0.142. The van der Waals surface area contributed by atoms with Crippen molar-refractivity contribution in [3.63, 3.8) is 0 Å². The minimum Gasteiger partial charge on any atom is -0.481 e. The Hall–Kier alpha value is -3.01. The average Bonchev–Trinajstić information content (AvgIpc) is 3.63. The highest BCUT2D eigenvalue weighted by atomic mass is 32.2. The number of aliphatic hydroxyl groups excluding tert-OH is 2. The summed E-state index contributed by atoms with van der Waals surface area (Å²) in [7, 11) is -16.5. The van der Waals surface area contributed by atoms with Crippen LogP contribution in [0.5, 0.6) is 0 Å². The topological polar surface area (TPSA) is 421 Å². The van der Waals surface area contributed by atoms with Crippen LogP contribution in [-0.2, 0) is 55.5 Å². The summed E-state index contributed by atoms with van der Waals surface area (Å²) >= 11 is 0.771. The summed E-state index contributed by atoms with van der Waals surface area (Å²) in [6, 6.07) is 0. The molecule has 2 amide bonds. The maximum Gasteiger partial charge on any atom is 0.481 e. The Morgan fingerprint density at radius 1 is 1.02 bits per heavy atom. The largest absolute Gasteiger partial charge is 0.481 e. The number of nitrogens with zero attached hydrogens (tertiary/aromatic N) is 4. The first-order valence-corrected chi connectivity index (χ1v) is 22.1. The Morgan fingerprint density at radius 3 is 2.31 bits per heavy atom. The lowest BCUT2D eigenvalue weighted by Gasteiger charge is -2.30. The minimum absolute atomic E-state index is 0.0147. The number of nitrogen functional groups attached to an aromatic ring is 1. The number of carbonyl (C=O) groups excluding carboxylic acids is 3. The first-order chi connectivity index (χ1) is 26.6. The maximum atomic E-state index is 12.7.